The quantitative estimate of drug-likeness (QED) is 0.823. The summed E-state index contributed by atoms with van der Waals surface area (Å²) >= 11 is 0. The van der Waals surface area contributed by atoms with E-state index < -0.39 is 0 Å². The van der Waals surface area contributed by atoms with Crippen molar-refractivity contribution in [1.82, 2.24) is 9.80 Å². The summed E-state index contributed by atoms with van der Waals surface area (Å²) in [6.07, 6.45) is 0.407. The van der Waals surface area contributed by atoms with Crippen LogP contribution in [0.1, 0.15) is 16.7 Å². The van der Waals surface area contributed by atoms with E-state index >= 15 is 0 Å². The van der Waals surface area contributed by atoms with Gasteiger partial charge in [0.1, 0.15) is 11.5 Å². The highest BCUT2D eigenvalue weighted by Crippen LogP contribution is 2.38. The largest absolute Gasteiger partial charge is 0.496 e. The predicted octanol–water partition coefficient (Wildman–Crippen LogP) is 1.66. The first kappa shape index (κ1) is 17.8. The van der Waals surface area contributed by atoms with Gasteiger partial charge in [0.15, 0.2) is 0 Å². The molecule has 1 fully saturated rings. The molecule has 0 N–H and O–H groups in total. The van der Waals surface area contributed by atoms with Crippen LogP contribution in [0.15, 0.2) is 6.07 Å². The van der Waals surface area contributed by atoms with Crippen LogP contribution in [0.3, 0.4) is 0 Å². The molecule has 1 aromatic carbocycles. The van der Waals surface area contributed by atoms with Crippen LogP contribution < -0.4 is 9.47 Å². The molecular weight excluding hydrogens is 324 g/mol. The van der Waals surface area contributed by atoms with Crippen LogP contribution in [0, 0.1) is 0 Å². The van der Waals surface area contributed by atoms with Gasteiger partial charge in [-0.05, 0) is 12.5 Å². The highest BCUT2D eigenvalue weighted by Gasteiger charge is 2.28. The van der Waals surface area contributed by atoms with Crippen molar-refractivity contribution in [2.24, 2.45) is 0 Å². The molecule has 2 aliphatic heterocycles. The number of nitrogens with zero attached hydrogens (tertiary/aromatic N) is 2. The Morgan fingerprint density at radius 3 is 2.52 bits per heavy atom. The number of hydrogen-bond donors (Lipinski definition) is 0. The van der Waals surface area contributed by atoms with Crippen LogP contribution in [0.5, 0.6) is 11.5 Å². The molecule has 0 spiro atoms. The average Bonchev–Trinajstić information content (AvgIpc) is 2.67. The third-order valence-electron chi connectivity index (χ3n) is 4.87. The summed E-state index contributed by atoms with van der Waals surface area (Å²) in [6.45, 7) is 5.24. The maximum atomic E-state index is 11.9. The van der Waals surface area contributed by atoms with Crippen LogP contribution in [-0.4, -0.2) is 70.1 Å². The SMILES string of the molecule is COC(=O)N1CCc2c(c(OC)cc(CN3CCOCC3)c2OC)C1. The maximum absolute atomic E-state index is 11.9. The van der Waals surface area contributed by atoms with Gasteiger partial charge in [-0.3, -0.25) is 4.90 Å². The zero-order chi connectivity index (χ0) is 17.8. The summed E-state index contributed by atoms with van der Waals surface area (Å²) in [5.74, 6) is 1.71. The molecule has 0 unspecified atom stereocenters. The molecule has 2 heterocycles. The molecule has 2 aliphatic rings. The second-order valence-electron chi connectivity index (χ2n) is 6.26. The minimum Gasteiger partial charge on any atom is -0.496 e. The lowest BCUT2D eigenvalue weighted by Crippen LogP contribution is -2.37. The number of amides is 1. The summed E-state index contributed by atoms with van der Waals surface area (Å²) in [5, 5.41) is 0. The minimum atomic E-state index is -0.316. The van der Waals surface area contributed by atoms with E-state index in [1.165, 1.54) is 7.11 Å². The zero-order valence-corrected chi connectivity index (χ0v) is 15.2. The Labute approximate surface area is 148 Å². The number of methoxy groups -OCH3 is 3. The molecule has 7 nitrogen and oxygen atoms in total. The Morgan fingerprint density at radius 1 is 1.12 bits per heavy atom. The minimum absolute atomic E-state index is 0.316. The smallest absolute Gasteiger partial charge is 0.409 e. The first-order chi connectivity index (χ1) is 12.2. The van der Waals surface area contributed by atoms with E-state index in [-0.39, 0.29) is 6.09 Å². The first-order valence-electron chi connectivity index (χ1n) is 8.56. The van der Waals surface area contributed by atoms with Crippen molar-refractivity contribution in [2.75, 3.05) is 54.2 Å². The fourth-order valence-corrected chi connectivity index (χ4v) is 3.58. The molecule has 1 aromatic rings. The van der Waals surface area contributed by atoms with Gasteiger partial charge in [0.05, 0.1) is 41.1 Å². The van der Waals surface area contributed by atoms with Crippen molar-refractivity contribution in [3.05, 3.63) is 22.8 Å². The molecule has 0 bridgehead atoms. The van der Waals surface area contributed by atoms with Gasteiger partial charge in [0, 0.05) is 42.9 Å². The molecule has 0 radical (unpaired) electrons. The number of carbonyl (C=O) groups is 1. The lowest BCUT2D eigenvalue weighted by Gasteiger charge is -2.32. The Balaban J connectivity index is 1.92. The molecular formula is C18H26N2O5. The predicted molar refractivity (Wildman–Crippen MR) is 92.2 cm³/mol. The van der Waals surface area contributed by atoms with E-state index in [9.17, 15) is 4.79 Å². The summed E-state index contributed by atoms with van der Waals surface area (Å²) in [7, 11) is 4.77. The molecule has 3 rings (SSSR count). The molecule has 138 valence electrons. The van der Waals surface area contributed by atoms with Crippen LogP contribution in [0.25, 0.3) is 0 Å². The lowest BCUT2D eigenvalue weighted by molar-refractivity contribution is 0.0338. The average molecular weight is 350 g/mol. The van der Waals surface area contributed by atoms with Gasteiger partial charge in [-0.15, -0.1) is 0 Å². The lowest BCUT2D eigenvalue weighted by atomic mass is 9.94. The topological polar surface area (TPSA) is 60.5 Å². The molecule has 1 amide bonds. The van der Waals surface area contributed by atoms with Gasteiger partial charge in [-0.2, -0.15) is 0 Å². The summed E-state index contributed by atoms with van der Waals surface area (Å²) < 4.78 is 21.7. The second-order valence-corrected chi connectivity index (χ2v) is 6.26. The summed E-state index contributed by atoms with van der Waals surface area (Å²) in [4.78, 5) is 15.9. The van der Waals surface area contributed by atoms with Gasteiger partial charge in [0.2, 0.25) is 0 Å². The third-order valence-corrected chi connectivity index (χ3v) is 4.87. The van der Waals surface area contributed by atoms with Crippen molar-refractivity contribution >= 4 is 6.09 Å². The summed E-state index contributed by atoms with van der Waals surface area (Å²) in [6, 6.07) is 2.04. The van der Waals surface area contributed by atoms with Gasteiger partial charge >= 0.3 is 6.09 Å². The van der Waals surface area contributed by atoms with Gasteiger partial charge < -0.3 is 23.8 Å². The Hall–Kier alpha value is -1.99. The van der Waals surface area contributed by atoms with Crippen molar-refractivity contribution in [3.8, 4) is 11.5 Å². The fourth-order valence-electron chi connectivity index (χ4n) is 3.58. The van der Waals surface area contributed by atoms with Crippen LogP contribution in [0.4, 0.5) is 4.79 Å². The molecule has 0 aromatic heterocycles. The van der Waals surface area contributed by atoms with Crippen LogP contribution in [0.2, 0.25) is 0 Å². The highest BCUT2D eigenvalue weighted by atomic mass is 16.5. The Morgan fingerprint density at radius 2 is 1.88 bits per heavy atom. The van der Waals surface area contributed by atoms with Crippen molar-refractivity contribution < 1.29 is 23.7 Å². The molecule has 1 saturated heterocycles. The molecule has 25 heavy (non-hydrogen) atoms. The zero-order valence-electron chi connectivity index (χ0n) is 15.2. The van der Waals surface area contributed by atoms with E-state index in [0.29, 0.717) is 13.1 Å². The van der Waals surface area contributed by atoms with Gasteiger partial charge in [-0.1, -0.05) is 0 Å². The number of benzene rings is 1. The number of ether oxygens (including phenoxy) is 4. The normalized spacial score (nSPS) is 17.8. The van der Waals surface area contributed by atoms with Gasteiger partial charge in [0.25, 0.3) is 0 Å². The number of rotatable bonds is 4. The number of morpholine rings is 1. The second kappa shape index (κ2) is 7.93. The van der Waals surface area contributed by atoms with E-state index in [1.54, 1.807) is 19.1 Å². The standard InChI is InChI=1S/C18H26N2O5/c1-22-16-10-13(11-19-6-8-25-9-7-19)17(23-2)14-4-5-20(12-15(14)16)18(21)24-3/h10H,4-9,11-12H2,1-3H3. The van der Waals surface area contributed by atoms with Gasteiger partial charge in [-0.25, -0.2) is 4.79 Å². The number of carbonyl (C=O) groups excluding carboxylic acids is 1. The van der Waals surface area contributed by atoms with E-state index in [4.69, 9.17) is 18.9 Å². The molecule has 0 aliphatic carbocycles. The molecule has 0 atom stereocenters. The monoisotopic (exact) mass is 350 g/mol. The number of hydrogen-bond acceptors (Lipinski definition) is 6. The van der Waals surface area contributed by atoms with Crippen molar-refractivity contribution in [3.63, 3.8) is 0 Å². The first-order valence-corrected chi connectivity index (χ1v) is 8.56. The Kier molecular flexibility index (Phi) is 5.65. The number of fused-ring (bicyclic) bond motifs is 1. The van der Waals surface area contributed by atoms with Crippen molar-refractivity contribution in [2.45, 2.75) is 19.5 Å². The molecule has 7 heteroatoms. The highest BCUT2D eigenvalue weighted by molar-refractivity contribution is 5.69. The molecule has 0 saturated carbocycles. The van der Waals surface area contributed by atoms with E-state index in [1.807, 2.05) is 6.07 Å². The van der Waals surface area contributed by atoms with Crippen molar-refractivity contribution in [1.29, 1.82) is 0 Å². The van der Waals surface area contributed by atoms with E-state index in [0.717, 1.165) is 67.5 Å². The Bertz CT molecular complexity index is 628. The fraction of sp³-hybridized carbons (Fsp3) is 0.611. The van der Waals surface area contributed by atoms with Crippen LogP contribution >= 0.6 is 0 Å². The summed E-state index contributed by atoms with van der Waals surface area (Å²) in [5.41, 5.74) is 3.25. The third kappa shape index (κ3) is 3.67. The van der Waals surface area contributed by atoms with Crippen LogP contribution in [-0.2, 0) is 29.0 Å². The maximum Gasteiger partial charge on any atom is 0.409 e. The van der Waals surface area contributed by atoms with E-state index in [2.05, 4.69) is 4.90 Å².